The Morgan fingerprint density at radius 1 is 1.19 bits per heavy atom. The predicted molar refractivity (Wildman–Crippen MR) is 76.2 cm³/mol. The Morgan fingerprint density at radius 2 is 1.95 bits per heavy atom. The molecule has 0 bridgehead atoms. The van der Waals surface area contributed by atoms with E-state index in [0.717, 1.165) is 31.5 Å². The molecule has 2 saturated heterocycles. The number of hydrogen-bond donors (Lipinski definition) is 1. The minimum absolute atomic E-state index is 0.0672. The topological polar surface area (TPSA) is 35.6 Å². The Balaban J connectivity index is 1.62. The molecule has 2 aliphatic heterocycles. The number of anilines is 1. The smallest absolute Gasteiger partial charge is 0.239 e. The number of rotatable bonds is 2. The molecule has 0 aliphatic carbocycles. The molecule has 6 heteroatoms. The molecule has 1 N–H and O–H groups in total. The lowest BCUT2D eigenvalue weighted by molar-refractivity contribution is -0.133. The molecule has 1 atom stereocenters. The van der Waals surface area contributed by atoms with Gasteiger partial charge in [-0.2, -0.15) is 0 Å². The van der Waals surface area contributed by atoms with Gasteiger partial charge in [0.2, 0.25) is 5.91 Å². The first-order valence-corrected chi connectivity index (χ1v) is 7.37. The first-order valence-electron chi connectivity index (χ1n) is 7.37. The molecule has 3 rings (SSSR count). The highest BCUT2D eigenvalue weighted by molar-refractivity contribution is 5.82. The van der Waals surface area contributed by atoms with Gasteiger partial charge in [-0.15, -0.1) is 0 Å². The van der Waals surface area contributed by atoms with Crippen molar-refractivity contribution in [2.45, 2.75) is 18.9 Å². The summed E-state index contributed by atoms with van der Waals surface area (Å²) in [5, 5.41) is 3.20. The Morgan fingerprint density at radius 3 is 2.62 bits per heavy atom. The van der Waals surface area contributed by atoms with Gasteiger partial charge in [0.25, 0.3) is 0 Å². The number of amides is 1. The number of piperazine rings is 1. The van der Waals surface area contributed by atoms with Gasteiger partial charge in [-0.3, -0.25) is 4.79 Å². The monoisotopic (exact) mass is 295 g/mol. The fourth-order valence-corrected chi connectivity index (χ4v) is 3.01. The first kappa shape index (κ1) is 14.3. The van der Waals surface area contributed by atoms with Gasteiger partial charge in [-0.25, -0.2) is 8.78 Å². The summed E-state index contributed by atoms with van der Waals surface area (Å²) in [5.74, 6) is -0.736. The maximum atomic E-state index is 13.8. The normalized spacial score (nSPS) is 22.7. The highest BCUT2D eigenvalue weighted by Crippen LogP contribution is 2.22. The van der Waals surface area contributed by atoms with Gasteiger partial charge in [0.1, 0.15) is 11.6 Å². The van der Waals surface area contributed by atoms with Crippen LogP contribution in [0.5, 0.6) is 0 Å². The summed E-state index contributed by atoms with van der Waals surface area (Å²) in [7, 11) is 0. The van der Waals surface area contributed by atoms with E-state index < -0.39 is 11.6 Å². The molecular weight excluding hydrogens is 276 g/mol. The lowest BCUT2D eigenvalue weighted by atomic mass is 10.1. The molecule has 1 unspecified atom stereocenters. The van der Waals surface area contributed by atoms with E-state index in [9.17, 15) is 13.6 Å². The number of benzene rings is 1. The number of carbonyl (C=O) groups is 1. The largest absolute Gasteiger partial charge is 0.366 e. The van der Waals surface area contributed by atoms with Crippen LogP contribution in [0.25, 0.3) is 0 Å². The van der Waals surface area contributed by atoms with Crippen LogP contribution in [0.1, 0.15) is 12.8 Å². The molecule has 21 heavy (non-hydrogen) atoms. The van der Waals surface area contributed by atoms with Crippen LogP contribution >= 0.6 is 0 Å². The summed E-state index contributed by atoms with van der Waals surface area (Å²) < 4.78 is 27.0. The summed E-state index contributed by atoms with van der Waals surface area (Å²) in [6.45, 7) is 3.04. The molecule has 0 spiro atoms. The fourth-order valence-electron chi connectivity index (χ4n) is 3.01. The highest BCUT2D eigenvalue weighted by Gasteiger charge is 2.29. The van der Waals surface area contributed by atoms with Crippen molar-refractivity contribution in [2.75, 3.05) is 37.6 Å². The van der Waals surface area contributed by atoms with Crippen LogP contribution in [0.4, 0.5) is 14.5 Å². The summed E-state index contributed by atoms with van der Waals surface area (Å²) in [6, 6.07) is 3.41. The van der Waals surface area contributed by atoms with E-state index in [1.165, 1.54) is 6.07 Å². The minimum atomic E-state index is -0.444. The number of nitrogens with zero attached hydrogens (tertiary/aromatic N) is 2. The first-order chi connectivity index (χ1) is 10.1. The van der Waals surface area contributed by atoms with Crippen LogP contribution in [0.3, 0.4) is 0 Å². The van der Waals surface area contributed by atoms with Gasteiger partial charge < -0.3 is 15.1 Å². The van der Waals surface area contributed by atoms with Crippen molar-refractivity contribution in [3.63, 3.8) is 0 Å². The summed E-state index contributed by atoms with van der Waals surface area (Å²) in [5.41, 5.74) is 0.279. The predicted octanol–water partition coefficient (Wildman–Crippen LogP) is 1.37. The van der Waals surface area contributed by atoms with Gasteiger partial charge in [-0.05, 0) is 31.5 Å². The SMILES string of the molecule is O=C(C1CCCN1)N1CCN(c2cc(F)ccc2F)CC1. The average molecular weight is 295 g/mol. The second-order valence-corrected chi connectivity index (χ2v) is 5.56. The van der Waals surface area contributed by atoms with E-state index in [0.29, 0.717) is 26.2 Å². The third kappa shape index (κ3) is 3.00. The molecule has 2 heterocycles. The maximum Gasteiger partial charge on any atom is 0.239 e. The minimum Gasteiger partial charge on any atom is -0.366 e. The second-order valence-electron chi connectivity index (χ2n) is 5.56. The van der Waals surface area contributed by atoms with E-state index in [-0.39, 0.29) is 17.6 Å². The standard InChI is InChI=1S/C15H19F2N3O/c16-11-3-4-12(17)14(10-11)19-6-8-20(9-7-19)15(21)13-2-1-5-18-13/h3-4,10,13,18H,1-2,5-9H2. The molecule has 1 amide bonds. The molecule has 1 aromatic rings. The van der Waals surface area contributed by atoms with Crippen LogP contribution in [0.2, 0.25) is 0 Å². The molecule has 0 radical (unpaired) electrons. The van der Waals surface area contributed by atoms with Gasteiger partial charge in [0.05, 0.1) is 11.7 Å². The van der Waals surface area contributed by atoms with Gasteiger partial charge >= 0.3 is 0 Å². The number of nitrogens with one attached hydrogen (secondary N) is 1. The average Bonchev–Trinajstić information content (AvgIpc) is 3.03. The molecule has 1 aromatic carbocycles. The van der Waals surface area contributed by atoms with Crippen molar-refractivity contribution in [1.29, 1.82) is 0 Å². The third-order valence-electron chi connectivity index (χ3n) is 4.20. The Kier molecular flexibility index (Phi) is 4.05. The van der Waals surface area contributed by atoms with Crippen molar-refractivity contribution in [3.05, 3.63) is 29.8 Å². The molecule has 0 aromatic heterocycles. The van der Waals surface area contributed by atoms with Crippen LogP contribution in [0.15, 0.2) is 18.2 Å². The zero-order valence-corrected chi connectivity index (χ0v) is 11.8. The number of carbonyl (C=O) groups excluding carboxylic acids is 1. The van der Waals surface area contributed by atoms with E-state index >= 15 is 0 Å². The van der Waals surface area contributed by atoms with Crippen LogP contribution in [-0.2, 0) is 4.79 Å². The fraction of sp³-hybridized carbons (Fsp3) is 0.533. The Bertz CT molecular complexity index is 524. The Hall–Kier alpha value is -1.69. The zero-order valence-electron chi connectivity index (χ0n) is 11.8. The molecule has 0 saturated carbocycles. The van der Waals surface area contributed by atoms with Crippen LogP contribution in [0, 0.1) is 11.6 Å². The third-order valence-corrected chi connectivity index (χ3v) is 4.20. The van der Waals surface area contributed by atoms with Crippen molar-refractivity contribution in [1.82, 2.24) is 10.2 Å². The van der Waals surface area contributed by atoms with Crippen LogP contribution < -0.4 is 10.2 Å². The van der Waals surface area contributed by atoms with Gasteiger partial charge in [-0.1, -0.05) is 0 Å². The molecule has 2 aliphatic rings. The Labute approximate surface area is 122 Å². The molecule has 2 fully saturated rings. The van der Waals surface area contributed by atoms with Crippen molar-refractivity contribution >= 4 is 11.6 Å². The number of halogens is 2. The molecular formula is C15H19F2N3O. The quantitative estimate of drug-likeness (QED) is 0.895. The van der Waals surface area contributed by atoms with Crippen molar-refractivity contribution in [2.24, 2.45) is 0 Å². The van der Waals surface area contributed by atoms with E-state index in [1.807, 2.05) is 4.90 Å². The highest BCUT2D eigenvalue weighted by atomic mass is 19.1. The molecule has 4 nitrogen and oxygen atoms in total. The van der Waals surface area contributed by atoms with E-state index in [4.69, 9.17) is 0 Å². The zero-order chi connectivity index (χ0) is 14.8. The lowest BCUT2D eigenvalue weighted by Crippen LogP contribution is -2.53. The number of hydrogen-bond acceptors (Lipinski definition) is 3. The van der Waals surface area contributed by atoms with E-state index in [2.05, 4.69) is 5.32 Å². The maximum absolute atomic E-state index is 13.8. The van der Waals surface area contributed by atoms with E-state index in [1.54, 1.807) is 4.90 Å². The van der Waals surface area contributed by atoms with Gasteiger partial charge in [0.15, 0.2) is 0 Å². The second kappa shape index (κ2) is 5.97. The van der Waals surface area contributed by atoms with Gasteiger partial charge in [0, 0.05) is 32.2 Å². The lowest BCUT2D eigenvalue weighted by Gasteiger charge is -2.37. The van der Waals surface area contributed by atoms with Crippen LogP contribution in [-0.4, -0.2) is 49.6 Å². The van der Waals surface area contributed by atoms with Crippen molar-refractivity contribution in [3.8, 4) is 0 Å². The summed E-state index contributed by atoms with van der Waals surface area (Å²) in [6.07, 6.45) is 1.92. The molecule has 114 valence electrons. The summed E-state index contributed by atoms with van der Waals surface area (Å²) >= 11 is 0. The summed E-state index contributed by atoms with van der Waals surface area (Å²) in [4.78, 5) is 15.9. The van der Waals surface area contributed by atoms with Crippen molar-refractivity contribution < 1.29 is 13.6 Å².